The molecule has 1 heterocycles. The van der Waals surface area contributed by atoms with E-state index in [2.05, 4.69) is 36.9 Å². The Bertz CT molecular complexity index is 772. The first-order valence-corrected chi connectivity index (χ1v) is 7.23. The van der Waals surface area contributed by atoms with Gasteiger partial charge in [-0.2, -0.15) is 0 Å². The number of benzene rings is 2. The molecule has 0 spiro atoms. The Labute approximate surface area is 134 Å². The van der Waals surface area contributed by atoms with Crippen molar-refractivity contribution < 1.29 is 9.42 Å². The van der Waals surface area contributed by atoms with Crippen molar-refractivity contribution in [3.05, 3.63) is 59.1 Å². The number of hydrogen-bond acceptors (Lipinski definition) is 4. The van der Waals surface area contributed by atoms with Crippen LogP contribution in [-0.2, 0) is 0 Å². The summed E-state index contributed by atoms with van der Waals surface area (Å²) in [5, 5.41) is 12.9. The van der Waals surface area contributed by atoms with Crippen molar-refractivity contribution in [2.45, 2.75) is 0 Å². The zero-order valence-corrected chi connectivity index (χ0v) is 12.9. The molecule has 3 aromatic rings. The summed E-state index contributed by atoms with van der Waals surface area (Å²) in [5.41, 5.74) is 1.95. The van der Waals surface area contributed by atoms with Crippen molar-refractivity contribution in [2.24, 2.45) is 0 Å². The van der Waals surface area contributed by atoms with Crippen LogP contribution in [-0.4, -0.2) is 16.3 Å². The maximum atomic E-state index is 12.0. The van der Waals surface area contributed by atoms with E-state index in [0.29, 0.717) is 11.4 Å². The van der Waals surface area contributed by atoms with E-state index >= 15 is 0 Å². The highest BCUT2D eigenvalue weighted by atomic mass is 79.9. The third-order valence-corrected chi connectivity index (χ3v) is 3.40. The summed E-state index contributed by atoms with van der Waals surface area (Å²) in [6, 6.07) is 16.2. The number of aromatic nitrogens is 2. The first-order chi connectivity index (χ1) is 10.7. The maximum absolute atomic E-state index is 12.0. The maximum Gasteiger partial charge on any atom is 0.325 e. The quantitative estimate of drug-likeness (QED) is 0.737. The van der Waals surface area contributed by atoms with Gasteiger partial charge in [0.1, 0.15) is 0 Å². The molecular formula is C15H11BrN4O2. The highest BCUT2D eigenvalue weighted by Crippen LogP contribution is 2.24. The van der Waals surface area contributed by atoms with Crippen molar-refractivity contribution in [2.75, 3.05) is 10.6 Å². The molecule has 0 saturated carbocycles. The standard InChI is InChI=1S/C15H11BrN4O2/c16-11-6-8-12(9-7-11)17-15(21)18-14-13(19-22-20-14)10-4-2-1-3-5-10/h1-9H,(H2,17,18,20,21). The summed E-state index contributed by atoms with van der Waals surface area (Å²) in [6.45, 7) is 0. The molecule has 1 aromatic heterocycles. The topological polar surface area (TPSA) is 80.0 Å². The van der Waals surface area contributed by atoms with Gasteiger partial charge in [-0.3, -0.25) is 5.32 Å². The molecule has 2 aromatic carbocycles. The third-order valence-electron chi connectivity index (χ3n) is 2.87. The van der Waals surface area contributed by atoms with Crippen molar-refractivity contribution in [3.63, 3.8) is 0 Å². The molecule has 0 atom stereocenters. The van der Waals surface area contributed by atoms with E-state index in [9.17, 15) is 4.79 Å². The van der Waals surface area contributed by atoms with E-state index in [1.165, 1.54) is 0 Å². The lowest BCUT2D eigenvalue weighted by molar-refractivity contribution is 0.261. The summed E-state index contributed by atoms with van der Waals surface area (Å²) in [7, 11) is 0. The molecule has 7 heteroatoms. The van der Waals surface area contributed by atoms with Gasteiger partial charge in [-0.1, -0.05) is 46.3 Å². The minimum Gasteiger partial charge on any atom is -0.308 e. The number of nitrogens with zero attached hydrogens (tertiary/aromatic N) is 2. The summed E-state index contributed by atoms with van der Waals surface area (Å²) in [4.78, 5) is 12.0. The number of halogens is 1. The molecule has 0 fully saturated rings. The molecule has 2 N–H and O–H groups in total. The van der Waals surface area contributed by atoms with E-state index in [4.69, 9.17) is 4.63 Å². The molecule has 110 valence electrons. The predicted molar refractivity (Wildman–Crippen MR) is 86.5 cm³/mol. The fourth-order valence-corrected chi connectivity index (χ4v) is 2.12. The highest BCUT2D eigenvalue weighted by molar-refractivity contribution is 9.10. The Morgan fingerprint density at radius 1 is 0.955 bits per heavy atom. The van der Waals surface area contributed by atoms with Gasteiger partial charge in [0, 0.05) is 15.7 Å². The first-order valence-electron chi connectivity index (χ1n) is 6.44. The lowest BCUT2D eigenvalue weighted by atomic mass is 10.1. The zero-order chi connectivity index (χ0) is 15.4. The van der Waals surface area contributed by atoms with Crippen LogP contribution in [0.25, 0.3) is 11.3 Å². The van der Waals surface area contributed by atoms with Gasteiger partial charge in [0.2, 0.25) is 5.82 Å². The molecule has 0 aliphatic heterocycles. The van der Waals surface area contributed by atoms with Crippen LogP contribution in [0.5, 0.6) is 0 Å². The van der Waals surface area contributed by atoms with Gasteiger partial charge < -0.3 is 5.32 Å². The van der Waals surface area contributed by atoms with Crippen LogP contribution in [0.1, 0.15) is 0 Å². The Hall–Kier alpha value is -2.67. The Morgan fingerprint density at radius 2 is 1.68 bits per heavy atom. The Kier molecular flexibility index (Phi) is 4.15. The molecule has 0 bridgehead atoms. The van der Waals surface area contributed by atoms with Crippen LogP contribution in [0, 0.1) is 0 Å². The molecule has 2 amide bonds. The first kappa shape index (κ1) is 14.3. The second-order valence-electron chi connectivity index (χ2n) is 4.41. The minimum atomic E-state index is -0.421. The van der Waals surface area contributed by atoms with E-state index < -0.39 is 6.03 Å². The Balaban J connectivity index is 1.73. The van der Waals surface area contributed by atoms with Gasteiger partial charge in [0.15, 0.2) is 5.69 Å². The van der Waals surface area contributed by atoms with Crippen LogP contribution in [0.2, 0.25) is 0 Å². The lowest BCUT2D eigenvalue weighted by Crippen LogP contribution is -2.20. The molecule has 22 heavy (non-hydrogen) atoms. The minimum absolute atomic E-state index is 0.265. The van der Waals surface area contributed by atoms with Crippen molar-refractivity contribution in [1.82, 2.24) is 10.3 Å². The Morgan fingerprint density at radius 3 is 2.41 bits per heavy atom. The molecule has 6 nitrogen and oxygen atoms in total. The van der Waals surface area contributed by atoms with E-state index in [-0.39, 0.29) is 5.82 Å². The second-order valence-corrected chi connectivity index (χ2v) is 5.33. The summed E-state index contributed by atoms with van der Waals surface area (Å²) in [5.74, 6) is 0.265. The van der Waals surface area contributed by atoms with E-state index in [0.717, 1.165) is 10.0 Å². The third kappa shape index (κ3) is 3.32. The molecule has 0 aliphatic carbocycles. The summed E-state index contributed by atoms with van der Waals surface area (Å²) < 4.78 is 5.65. The molecule has 0 aliphatic rings. The van der Waals surface area contributed by atoms with Crippen LogP contribution in [0.15, 0.2) is 63.7 Å². The van der Waals surface area contributed by atoms with Crippen LogP contribution in [0.3, 0.4) is 0 Å². The lowest BCUT2D eigenvalue weighted by Gasteiger charge is -2.06. The van der Waals surface area contributed by atoms with Gasteiger partial charge in [0.05, 0.1) is 0 Å². The molecule has 3 rings (SSSR count). The second kappa shape index (κ2) is 6.40. The fourth-order valence-electron chi connectivity index (χ4n) is 1.86. The van der Waals surface area contributed by atoms with Crippen molar-refractivity contribution in [3.8, 4) is 11.3 Å². The number of anilines is 2. The number of rotatable bonds is 3. The van der Waals surface area contributed by atoms with Gasteiger partial charge in [-0.15, -0.1) is 0 Å². The average Bonchev–Trinajstić information content (AvgIpc) is 2.98. The number of nitrogens with one attached hydrogen (secondary N) is 2. The van der Waals surface area contributed by atoms with E-state index in [1.807, 2.05) is 42.5 Å². The van der Waals surface area contributed by atoms with Crippen molar-refractivity contribution >= 4 is 33.5 Å². The van der Waals surface area contributed by atoms with Gasteiger partial charge in [0.25, 0.3) is 0 Å². The highest BCUT2D eigenvalue weighted by Gasteiger charge is 2.14. The summed E-state index contributed by atoms with van der Waals surface area (Å²) >= 11 is 3.34. The normalized spacial score (nSPS) is 10.2. The SMILES string of the molecule is O=C(Nc1ccc(Br)cc1)Nc1nonc1-c1ccccc1. The molecule has 0 saturated heterocycles. The van der Waals surface area contributed by atoms with Crippen LogP contribution >= 0.6 is 15.9 Å². The smallest absolute Gasteiger partial charge is 0.308 e. The van der Waals surface area contributed by atoms with Gasteiger partial charge in [-0.25, -0.2) is 9.42 Å². The number of carbonyl (C=O) groups excluding carboxylic acids is 1. The predicted octanol–water partition coefficient (Wildman–Crippen LogP) is 4.14. The molecule has 0 unspecified atom stereocenters. The average molecular weight is 359 g/mol. The molecular weight excluding hydrogens is 348 g/mol. The summed E-state index contributed by atoms with van der Waals surface area (Å²) in [6.07, 6.45) is 0. The fraction of sp³-hybridized carbons (Fsp3) is 0. The number of carbonyl (C=O) groups is 1. The van der Waals surface area contributed by atoms with E-state index in [1.54, 1.807) is 12.1 Å². The van der Waals surface area contributed by atoms with Crippen LogP contribution < -0.4 is 10.6 Å². The number of amides is 2. The number of hydrogen-bond donors (Lipinski definition) is 2. The van der Waals surface area contributed by atoms with Crippen LogP contribution in [0.4, 0.5) is 16.3 Å². The van der Waals surface area contributed by atoms with Crippen molar-refractivity contribution in [1.29, 1.82) is 0 Å². The van der Waals surface area contributed by atoms with Gasteiger partial charge in [-0.05, 0) is 34.6 Å². The van der Waals surface area contributed by atoms with Gasteiger partial charge >= 0.3 is 6.03 Å². The number of urea groups is 1. The molecule has 0 radical (unpaired) electrons. The zero-order valence-electron chi connectivity index (χ0n) is 11.3. The monoisotopic (exact) mass is 358 g/mol. The largest absolute Gasteiger partial charge is 0.325 e.